The van der Waals surface area contributed by atoms with E-state index in [1.54, 1.807) is 6.07 Å². The van der Waals surface area contributed by atoms with Gasteiger partial charge in [0, 0.05) is 6.54 Å². The van der Waals surface area contributed by atoms with Gasteiger partial charge in [-0.1, -0.05) is 20.8 Å². The molecule has 1 atom stereocenters. The third kappa shape index (κ3) is 3.69. The quantitative estimate of drug-likeness (QED) is 0.656. The predicted octanol–water partition coefficient (Wildman–Crippen LogP) is 2.96. The normalized spacial score (nSPS) is 18.3. The number of ether oxygens (including phenoxy) is 1. The average Bonchev–Trinajstić information content (AvgIpc) is 2.45. The molecule has 0 saturated carbocycles. The van der Waals surface area contributed by atoms with Gasteiger partial charge in [-0.25, -0.2) is 0 Å². The first-order chi connectivity index (χ1) is 10.5. The molecule has 0 bridgehead atoms. The van der Waals surface area contributed by atoms with Crippen LogP contribution in [0.5, 0.6) is 11.5 Å². The molecule has 0 saturated heterocycles. The number of carbonyl (C=O) groups is 1. The Morgan fingerprint density at radius 2 is 1.96 bits per heavy atom. The molecule has 1 aliphatic heterocycles. The molecule has 1 aromatic carbocycles. The van der Waals surface area contributed by atoms with E-state index in [0.717, 1.165) is 11.1 Å². The van der Waals surface area contributed by atoms with Crippen LogP contribution in [0.25, 0.3) is 0 Å². The van der Waals surface area contributed by atoms with Crippen molar-refractivity contribution in [3.05, 3.63) is 23.3 Å². The van der Waals surface area contributed by atoms with E-state index in [9.17, 15) is 9.90 Å². The van der Waals surface area contributed by atoms with Crippen molar-refractivity contribution in [1.29, 1.82) is 0 Å². The van der Waals surface area contributed by atoms with Crippen molar-refractivity contribution in [2.75, 3.05) is 7.11 Å². The van der Waals surface area contributed by atoms with E-state index in [1.807, 2.05) is 6.07 Å². The van der Waals surface area contributed by atoms with Crippen LogP contribution in [0.4, 0.5) is 0 Å². The lowest BCUT2D eigenvalue weighted by Gasteiger charge is -2.37. The Labute approximate surface area is 139 Å². The van der Waals surface area contributed by atoms with E-state index in [0.29, 0.717) is 18.7 Å². The number of rotatable bonds is 3. The van der Waals surface area contributed by atoms with Gasteiger partial charge in [0.05, 0.1) is 7.11 Å². The van der Waals surface area contributed by atoms with Crippen LogP contribution in [0.2, 0.25) is 18.1 Å². The van der Waals surface area contributed by atoms with Crippen molar-refractivity contribution in [3.63, 3.8) is 0 Å². The maximum Gasteiger partial charge on any atom is 0.323 e. The summed E-state index contributed by atoms with van der Waals surface area (Å²) >= 11 is 0. The summed E-state index contributed by atoms with van der Waals surface area (Å²) in [6.45, 7) is 11.3. The molecule has 2 N–H and O–H groups in total. The lowest BCUT2D eigenvalue weighted by Crippen LogP contribution is -2.44. The number of nitrogens with one attached hydrogen (secondary N) is 1. The van der Waals surface area contributed by atoms with Crippen molar-refractivity contribution >= 4 is 14.3 Å². The topological polar surface area (TPSA) is 67.8 Å². The molecule has 0 radical (unpaired) electrons. The van der Waals surface area contributed by atoms with Gasteiger partial charge in [0.25, 0.3) is 8.32 Å². The highest BCUT2D eigenvalue weighted by Gasteiger charge is 2.39. The average molecular weight is 337 g/mol. The Morgan fingerprint density at radius 1 is 1.30 bits per heavy atom. The summed E-state index contributed by atoms with van der Waals surface area (Å²) < 4.78 is 11.0. The van der Waals surface area contributed by atoms with Crippen LogP contribution < -0.4 is 9.74 Å². The Kier molecular flexibility index (Phi) is 4.78. The third-order valence-corrected chi connectivity index (χ3v) is 9.24. The fourth-order valence-corrected chi connectivity index (χ4v) is 3.37. The number of phenolic OH excluding ortho intramolecular Hbond substituents is 1. The van der Waals surface area contributed by atoms with E-state index in [4.69, 9.17) is 9.16 Å². The number of methoxy groups -OCH3 is 1. The van der Waals surface area contributed by atoms with Gasteiger partial charge >= 0.3 is 5.97 Å². The monoisotopic (exact) mass is 337 g/mol. The van der Waals surface area contributed by atoms with E-state index >= 15 is 0 Å². The summed E-state index contributed by atoms with van der Waals surface area (Å²) in [4.78, 5) is 11.7. The van der Waals surface area contributed by atoms with Crippen LogP contribution in [0.15, 0.2) is 12.1 Å². The highest BCUT2D eigenvalue weighted by Crippen LogP contribution is 2.41. The van der Waals surface area contributed by atoms with E-state index < -0.39 is 8.32 Å². The standard InChI is InChI=1S/C17H27NO4Si/c1-17(2,3)23(5,6)22-15-9-11-7-13(16(20)21-4)18-10-12(11)8-14(15)19/h8-9,13,18-19H,7,10H2,1-6H3/t13-/m0/s1. The van der Waals surface area contributed by atoms with Crippen LogP contribution in [-0.4, -0.2) is 32.5 Å². The molecule has 0 amide bonds. The molecule has 0 aliphatic carbocycles. The minimum absolute atomic E-state index is 0.0471. The number of esters is 1. The first kappa shape index (κ1) is 17.8. The zero-order valence-corrected chi connectivity index (χ0v) is 15.8. The van der Waals surface area contributed by atoms with Crippen molar-refractivity contribution in [1.82, 2.24) is 5.32 Å². The van der Waals surface area contributed by atoms with Gasteiger partial charge in [0.2, 0.25) is 0 Å². The molecule has 6 heteroatoms. The van der Waals surface area contributed by atoms with Crippen molar-refractivity contribution in [3.8, 4) is 11.5 Å². The minimum Gasteiger partial charge on any atom is -0.541 e. The van der Waals surface area contributed by atoms with E-state index in [-0.39, 0.29) is 22.8 Å². The maximum atomic E-state index is 11.7. The molecule has 0 unspecified atom stereocenters. The van der Waals surface area contributed by atoms with Crippen LogP contribution in [0, 0.1) is 0 Å². The highest BCUT2D eigenvalue weighted by molar-refractivity contribution is 6.74. The summed E-state index contributed by atoms with van der Waals surface area (Å²) in [5, 5.41) is 13.5. The second kappa shape index (κ2) is 6.17. The summed E-state index contributed by atoms with van der Waals surface area (Å²) in [7, 11) is -0.644. The molecular weight excluding hydrogens is 310 g/mol. The van der Waals surface area contributed by atoms with Gasteiger partial charge in [0.1, 0.15) is 11.8 Å². The second-order valence-corrected chi connectivity index (χ2v) is 12.3. The number of benzene rings is 1. The number of phenols is 1. The predicted molar refractivity (Wildman–Crippen MR) is 92.3 cm³/mol. The lowest BCUT2D eigenvalue weighted by atomic mass is 9.95. The van der Waals surface area contributed by atoms with Crippen LogP contribution in [-0.2, 0) is 22.5 Å². The van der Waals surface area contributed by atoms with Gasteiger partial charge in [-0.2, -0.15) is 0 Å². The Morgan fingerprint density at radius 3 is 2.52 bits per heavy atom. The van der Waals surface area contributed by atoms with Gasteiger partial charge in [0.15, 0.2) is 5.75 Å². The summed E-state index contributed by atoms with van der Waals surface area (Å²) in [5.41, 5.74) is 2.01. The van der Waals surface area contributed by atoms with Crippen LogP contribution in [0.1, 0.15) is 31.9 Å². The van der Waals surface area contributed by atoms with Crippen LogP contribution >= 0.6 is 0 Å². The molecule has 23 heavy (non-hydrogen) atoms. The maximum absolute atomic E-state index is 11.7. The molecule has 5 nitrogen and oxygen atoms in total. The largest absolute Gasteiger partial charge is 0.541 e. The Hall–Kier alpha value is -1.53. The summed E-state index contributed by atoms with van der Waals surface area (Å²) in [6, 6.07) is 3.26. The smallest absolute Gasteiger partial charge is 0.323 e. The lowest BCUT2D eigenvalue weighted by molar-refractivity contribution is -0.143. The molecule has 1 aliphatic rings. The van der Waals surface area contributed by atoms with Crippen LogP contribution in [0.3, 0.4) is 0 Å². The summed E-state index contributed by atoms with van der Waals surface area (Å²) in [5.74, 6) is 0.406. The van der Waals surface area contributed by atoms with Gasteiger partial charge in [-0.15, -0.1) is 0 Å². The molecule has 0 fully saturated rings. The first-order valence-electron chi connectivity index (χ1n) is 7.90. The molecule has 1 aromatic rings. The van der Waals surface area contributed by atoms with Gasteiger partial charge in [-0.3, -0.25) is 4.79 Å². The SMILES string of the molecule is COC(=O)[C@@H]1Cc2cc(O[Si](C)(C)C(C)(C)C)c(O)cc2CN1. The number of carbonyl (C=O) groups excluding carboxylic acids is 1. The third-order valence-electron chi connectivity index (χ3n) is 4.90. The Balaban J connectivity index is 2.29. The van der Waals surface area contributed by atoms with E-state index in [1.165, 1.54) is 7.11 Å². The molecule has 0 aromatic heterocycles. The van der Waals surface area contributed by atoms with Crippen molar-refractivity contribution in [2.45, 2.75) is 57.9 Å². The summed E-state index contributed by atoms with van der Waals surface area (Å²) in [6.07, 6.45) is 0.538. The number of hydrogen-bond donors (Lipinski definition) is 2. The zero-order chi connectivity index (χ0) is 17.4. The molecular formula is C17H27NO4Si. The molecule has 2 rings (SSSR count). The molecule has 0 spiro atoms. The fraction of sp³-hybridized carbons (Fsp3) is 0.588. The zero-order valence-electron chi connectivity index (χ0n) is 14.8. The fourth-order valence-electron chi connectivity index (χ4n) is 2.35. The van der Waals surface area contributed by atoms with Gasteiger partial charge in [-0.05, 0) is 47.8 Å². The number of fused-ring (bicyclic) bond motifs is 1. The van der Waals surface area contributed by atoms with E-state index in [2.05, 4.69) is 39.2 Å². The van der Waals surface area contributed by atoms with Gasteiger partial charge < -0.3 is 19.6 Å². The molecule has 128 valence electrons. The minimum atomic E-state index is -2.04. The second-order valence-electron chi connectivity index (χ2n) is 7.61. The Bertz CT molecular complexity index is 607. The van der Waals surface area contributed by atoms with Crippen molar-refractivity contribution < 1.29 is 19.1 Å². The number of hydrogen-bond acceptors (Lipinski definition) is 5. The highest BCUT2D eigenvalue weighted by atomic mass is 28.4. The van der Waals surface area contributed by atoms with Crippen molar-refractivity contribution in [2.24, 2.45) is 0 Å². The molecule has 1 heterocycles. The number of aromatic hydroxyl groups is 1. The first-order valence-corrected chi connectivity index (χ1v) is 10.8.